The molecule has 94 valence electrons. The Bertz CT molecular complexity index is 365. The first-order valence-electron chi connectivity index (χ1n) is 5.57. The smallest absolute Gasteiger partial charge is 0.252 e. The van der Waals surface area contributed by atoms with E-state index in [1.807, 2.05) is 13.8 Å². The van der Waals surface area contributed by atoms with E-state index in [4.69, 9.17) is 0 Å². The first kappa shape index (κ1) is 14.1. The van der Waals surface area contributed by atoms with E-state index in [9.17, 15) is 9.90 Å². The van der Waals surface area contributed by atoms with Crippen LogP contribution in [-0.4, -0.2) is 28.6 Å². The molecule has 0 radical (unpaired) electrons. The van der Waals surface area contributed by atoms with Gasteiger partial charge in [0.05, 0.1) is 11.7 Å². The Morgan fingerprint density at radius 1 is 1.53 bits per heavy atom. The summed E-state index contributed by atoms with van der Waals surface area (Å²) in [4.78, 5) is 15.6. The van der Waals surface area contributed by atoms with Gasteiger partial charge >= 0.3 is 0 Å². The van der Waals surface area contributed by atoms with Gasteiger partial charge in [-0.25, -0.2) is 4.98 Å². The zero-order chi connectivity index (χ0) is 12.8. The van der Waals surface area contributed by atoms with Gasteiger partial charge in [-0.05, 0) is 40.4 Å². The number of rotatable bonds is 5. The van der Waals surface area contributed by atoms with Crippen LogP contribution in [0.15, 0.2) is 22.9 Å². The highest BCUT2D eigenvalue weighted by Gasteiger charge is 2.10. The third kappa shape index (κ3) is 5.28. The monoisotopic (exact) mass is 300 g/mol. The van der Waals surface area contributed by atoms with Crippen LogP contribution in [0.25, 0.3) is 0 Å². The Labute approximate surface area is 110 Å². The lowest BCUT2D eigenvalue weighted by Crippen LogP contribution is -2.32. The number of hydrogen-bond donors (Lipinski definition) is 2. The molecule has 4 nitrogen and oxygen atoms in total. The van der Waals surface area contributed by atoms with Gasteiger partial charge in [0.25, 0.3) is 5.91 Å². The van der Waals surface area contributed by atoms with E-state index in [0.29, 0.717) is 22.5 Å². The van der Waals surface area contributed by atoms with Crippen LogP contribution >= 0.6 is 15.9 Å². The summed E-state index contributed by atoms with van der Waals surface area (Å²) in [5.41, 5.74) is 0.491. The number of aliphatic hydroxyl groups is 1. The highest BCUT2D eigenvalue weighted by atomic mass is 79.9. The normalized spacial score (nSPS) is 12.5. The zero-order valence-electron chi connectivity index (χ0n) is 9.98. The van der Waals surface area contributed by atoms with Crippen molar-refractivity contribution in [1.29, 1.82) is 0 Å². The second-order valence-electron chi connectivity index (χ2n) is 4.36. The van der Waals surface area contributed by atoms with Gasteiger partial charge in [-0.2, -0.15) is 0 Å². The molecule has 1 rings (SSSR count). The number of pyridine rings is 1. The Kier molecular flexibility index (Phi) is 5.58. The van der Waals surface area contributed by atoms with E-state index in [0.717, 1.165) is 0 Å². The van der Waals surface area contributed by atoms with Crippen molar-refractivity contribution in [2.75, 3.05) is 6.54 Å². The summed E-state index contributed by atoms with van der Waals surface area (Å²) >= 11 is 3.20. The minimum atomic E-state index is -0.498. The van der Waals surface area contributed by atoms with E-state index in [1.54, 1.807) is 12.1 Å². The van der Waals surface area contributed by atoms with E-state index in [-0.39, 0.29) is 12.5 Å². The molecule has 1 atom stereocenters. The second-order valence-corrected chi connectivity index (χ2v) is 5.18. The van der Waals surface area contributed by atoms with Crippen LogP contribution in [0.2, 0.25) is 0 Å². The molecule has 1 unspecified atom stereocenters. The molecule has 0 aliphatic rings. The molecule has 1 heterocycles. The summed E-state index contributed by atoms with van der Waals surface area (Å²) in [5.74, 6) is 0.198. The van der Waals surface area contributed by atoms with E-state index in [2.05, 4.69) is 26.2 Å². The molecule has 0 spiro atoms. The number of nitrogens with zero attached hydrogens (tertiary/aromatic N) is 1. The average molecular weight is 301 g/mol. The van der Waals surface area contributed by atoms with Crippen molar-refractivity contribution in [2.24, 2.45) is 5.92 Å². The third-order valence-electron chi connectivity index (χ3n) is 2.23. The van der Waals surface area contributed by atoms with Crippen LogP contribution in [0.1, 0.15) is 30.6 Å². The van der Waals surface area contributed by atoms with Gasteiger partial charge in [0.2, 0.25) is 0 Å². The van der Waals surface area contributed by atoms with Crippen molar-refractivity contribution in [3.05, 3.63) is 28.5 Å². The molecule has 0 bridgehead atoms. The maximum atomic E-state index is 11.7. The molecule has 0 saturated carbocycles. The van der Waals surface area contributed by atoms with E-state index in [1.165, 1.54) is 6.20 Å². The first-order chi connectivity index (χ1) is 7.99. The summed E-state index contributed by atoms with van der Waals surface area (Å²) in [7, 11) is 0. The van der Waals surface area contributed by atoms with Crippen LogP contribution in [-0.2, 0) is 0 Å². The Hall–Kier alpha value is -0.940. The molecule has 0 aliphatic carbocycles. The van der Waals surface area contributed by atoms with Crippen molar-refractivity contribution in [3.63, 3.8) is 0 Å². The van der Waals surface area contributed by atoms with Crippen LogP contribution in [0.3, 0.4) is 0 Å². The van der Waals surface area contributed by atoms with Gasteiger partial charge in [-0.1, -0.05) is 13.8 Å². The maximum absolute atomic E-state index is 11.7. The molecule has 0 aromatic carbocycles. The number of aromatic nitrogens is 1. The summed E-state index contributed by atoms with van der Waals surface area (Å²) in [5, 5.41) is 12.3. The fraction of sp³-hybridized carbons (Fsp3) is 0.500. The SMILES string of the molecule is CC(C)CC(O)CNC(=O)c1ccc(Br)nc1. The van der Waals surface area contributed by atoms with Gasteiger partial charge in [-0.3, -0.25) is 4.79 Å². The number of halogens is 1. The molecule has 1 amide bonds. The fourth-order valence-corrected chi connectivity index (χ4v) is 1.68. The van der Waals surface area contributed by atoms with Crippen molar-refractivity contribution in [2.45, 2.75) is 26.4 Å². The van der Waals surface area contributed by atoms with Crippen LogP contribution in [0, 0.1) is 5.92 Å². The minimum Gasteiger partial charge on any atom is -0.391 e. The molecule has 0 aliphatic heterocycles. The van der Waals surface area contributed by atoms with Gasteiger partial charge in [0.15, 0.2) is 0 Å². The highest BCUT2D eigenvalue weighted by molar-refractivity contribution is 9.10. The summed E-state index contributed by atoms with van der Waals surface area (Å²) in [6.07, 6.45) is 1.68. The van der Waals surface area contributed by atoms with E-state index < -0.39 is 6.10 Å². The molecule has 2 N–H and O–H groups in total. The van der Waals surface area contributed by atoms with Gasteiger partial charge in [0, 0.05) is 12.7 Å². The van der Waals surface area contributed by atoms with Crippen LogP contribution in [0.5, 0.6) is 0 Å². The van der Waals surface area contributed by atoms with E-state index >= 15 is 0 Å². The van der Waals surface area contributed by atoms with Gasteiger partial charge < -0.3 is 10.4 Å². The lowest BCUT2D eigenvalue weighted by molar-refractivity contribution is 0.0900. The van der Waals surface area contributed by atoms with Crippen LogP contribution in [0.4, 0.5) is 0 Å². The van der Waals surface area contributed by atoms with Gasteiger partial charge in [0.1, 0.15) is 4.60 Å². The first-order valence-corrected chi connectivity index (χ1v) is 6.36. The number of aliphatic hydroxyl groups excluding tert-OH is 1. The molecular formula is C12H17BrN2O2. The minimum absolute atomic E-state index is 0.215. The number of carbonyl (C=O) groups excluding carboxylic acids is 1. The largest absolute Gasteiger partial charge is 0.391 e. The summed E-state index contributed by atoms with van der Waals surface area (Å²) < 4.78 is 0.689. The predicted octanol–water partition coefficient (Wildman–Crippen LogP) is 1.98. The Balaban J connectivity index is 2.42. The number of amides is 1. The van der Waals surface area contributed by atoms with Crippen LogP contribution < -0.4 is 5.32 Å². The Morgan fingerprint density at radius 3 is 2.76 bits per heavy atom. The highest BCUT2D eigenvalue weighted by Crippen LogP contribution is 2.07. The fourth-order valence-electron chi connectivity index (χ4n) is 1.45. The van der Waals surface area contributed by atoms with Crippen molar-refractivity contribution in [1.82, 2.24) is 10.3 Å². The number of carbonyl (C=O) groups is 1. The molecular weight excluding hydrogens is 284 g/mol. The number of nitrogens with one attached hydrogen (secondary N) is 1. The molecule has 5 heteroatoms. The molecule has 17 heavy (non-hydrogen) atoms. The maximum Gasteiger partial charge on any atom is 0.252 e. The van der Waals surface area contributed by atoms with Gasteiger partial charge in [-0.15, -0.1) is 0 Å². The third-order valence-corrected chi connectivity index (χ3v) is 2.70. The second kappa shape index (κ2) is 6.71. The predicted molar refractivity (Wildman–Crippen MR) is 69.7 cm³/mol. The molecule has 0 fully saturated rings. The molecule has 1 aromatic heterocycles. The lowest BCUT2D eigenvalue weighted by atomic mass is 10.1. The standard InChI is InChI=1S/C12H17BrN2O2/c1-8(2)5-10(16)7-15-12(17)9-3-4-11(13)14-6-9/h3-4,6,8,10,16H,5,7H2,1-2H3,(H,15,17). The quantitative estimate of drug-likeness (QED) is 0.818. The van der Waals surface area contributed by atoms with Crippen molar-refractivity contribution >= 4 is 21.8 Å². The zero-order valence-corrected chi connectivity index (χ0v) is 11.6. The Morgan fingerprint density at radius 2 is 2.24 bits per heavy atom. The average Bonchev–Trinajstić information content (AvgIpc) is 2.26. The summed E-state index contributed by atoms with van der Waals surface area (Å²) in [6, 6.07) is 3.39. The van der Waals surface area contributed by atoms with Crippen molar-refractivity contribution < 1.29 is 9.90 Å². The molecule has 1 aromatic rings. The summed E-state index contributed by atoms with van der Waals surface area (Å²) in [6.45, 7) is 4.33. The topological polar surface area (TPSA) is 62.2 Å². The number of hydrogen-bond acceptors (Lipinski definition) is 3. The lowest BCUT2D eigenvalue weighted by Gasteiger charge is -2.13. The molecule has 0 saturated heterocycles. The van der Waals surface area contributed by atoms with Crippen molar-refractivity contribution in [3.8, 4) is 0 Å².